The molecule has 3 rings (SSSR count). The highest BCUT2D eigenvalue weighted by Crippen LogP contribution is 2.33. The molecule has 0 radical (unpaired) electrons. The highest BCUT2D eigenvalue weighted by molar-refractivity contribution is 5.82. The second kappa shape index (κ2) is 4.25. The van der Waals surface area contributed by atoms with E-state index in [-0.39, 0.29) is 0 Å². The van der Waals surface area contributed by atoms with Gasteiger partial charge in [0.25, 0.3) is 0 Å². The fraction of sp³-hybridized carbons (Fsp3) is 0.400. The average Bonchev–Trinajstić information content (AvgIpc) is 2.39. The van der Waals surface area contributed by atoms with Gasteiger partial charge in [-0.3, -0.25) is 4.98 Å². The first-order valence-corrected chi connectivity index (χ1v) is 6.27. The minimum atomic E-state index is 0.798. The van der Waals surface area contributed by atoms with Crippen molar-refractivity contribution in [3.63, 3.8) is 0 Å². The number of fused-ring (bicyclic) bond motifs is 1. The van der Waals surface area contributed by atoms with E-state index in [1.54, 1.807) is 0 Å². The summed E-state index contributed by atoms with van der Waals surface area (Å²) in [6.07, 6.45) is 10.8. The Bertz CT molecular complexity index is 484. The number of rotatable bonds is 1. The molecule has 1 fully saturated rings. The molecule has 1 aromatic carbocycles. The van der Waals surface area contributed by atoms with Crippen molar-refractivity contribution in [1.82, 2.24) is 4.98 Å². The molecule has 0 saturated heterocycles. The maximum absolute atomic E-state index is 4.16. The molecule has 1 aromatic heterocycles. The van der Waals surface area contributed by atoms with Crippen LogP contribution in [0.2, 0.25) is 0 Å². The minimum absolute atomic E-state index is 0.798. The molecular weight excluding hydrogens is 194 g/mol. The highest BCUT2D eigenvalue weighted by atomic mass is 14.6. The highest BCUT2D eigenvalue weighted by Gasteiger charge is 2.15. The maximum Gasteiger partial charge on any atom is 0.0346 e. The van der Waals surface area contributed by atoms with Gasteiger partial charge in [0.05, 0.1) is 0 Å². The van der Waals surface area contributed by atoms with Crippen LogP contribution in [0.5, 0.6) is 0 Å². The van der Waals surface area contributed by atoms with E-state index in [1.807, 2.05) is 12.4 Å². The van der Waals surface area contributed by atoms with Gasteiger partial charge in [-0.05, 0) is 35.8 Å². The predicted octanol–water partition coefficient (Wildman–Crippen LogP) is 4.28. The van der Waals surface area contributed by atoms with Crippen molar-refractivity contribution in [2.24, 2.45) is 0 Å². The van der Waals surface area contributed by atoms with E-state index in [1.165, 1.54) is 48.4 Å². The van der Waals surface area contributed by atoms with E-state index >= 15 is 0 Å². The van der Waals surface area contributed by atoms with E-state index in [4.69, 9.17) is 0 Å². The van der Waals surface area contributed by atoms with E-state index in [0.717, 1.165) is 5.92 Å². The molecule has 1 heteroatoms. The van der Waals surface area contributed by atoms with Gasteiger partial charge in [-0.25, -0.2) is 0 Å². The van der Waals surface area contributed by atoms with Crippen LogP contribution in [0, 0.1) is 0 Å². The van der Waals surface area contributed by atoms with Gasteiger partial charge in [0.1, 0.15) is 0 Å². The van der Waals surface area contributed by atoms with Crippen molar-refractivity contribution in [3.05, 3.63) is 42.2 Å². The fourth-order valence-corrected chi connectivity index (χ4v) is 2.79. The van der Waals surface area contributed by atoms with Gasteiger partial charge in [-0.15, -0.1) is 0 Å². The van der Waals surface area contributed by atoms with Crippen molar-refractivity contribution in [1.29, 1.82) is 0 Å². The summed E-state index contributed by atoms with van der Waals surface area (Å²) >= 11 is 0. The van der Waals surface area contributed by atoms with Crippen molar-refractivity contribution in [2.75, 3.05) is 0 Å². The first kappa shape index (κ1) is 9.83. The summed E-state index contributed by atoms with van der Waals surface area (Å²) in [5.41, 5.74) is 1.53. The smallest absolute Gasteiger partial charge is 0.0346 e. The molecule has 16 heavy (non-hydrogen) atoms. The number of hydrogen-bond donors (Lipinski definition) is 0. The molecular formula is C15H17N. The van der Waals surface area contributed by atoms with Gasteiger partial charge in [0.2, 0.25) is 0 Å². The van der Waals surface area contributed by atoms with Gasteiger partial charge in [0, 0.05) is 17.8 Å². The van der Waals surface area contributed by atoms with Gasteiger partial charge < -0.3 is 0 Å². The molecule has 2 aromatic rings. The van der Waals surface area contributed by atoms with E-state index in [0.29, 0.717) is 0 Å². The van der Waals surface area contributed by atoms with Crippen LogP contribution in [0.1, 0.15) is 43.6 Å². The Kier molecular flexibility index (Phi) is 2.61. The number of pyridine rings is 1. The van der Waals surface area contributed by atoms with Crippen molar-refractivity contribution >= 4 is 10.8 Å². The molecule has 0 spiro atoms. The van der Waals surface area contributed by atoms with Crippen LogP contribution < -0.4 is 0 Å². The lowest BCUT2D eigenvalue weighted by Gasteiger charge is -2.22. The minimum Gasteiger partial charge on any atom is -0.264 e. The van der Waals surface area contributed by atoms with Gasteiger partial charge in [-0.2, -0.15) is 0 Å². The topological polar surface area (TPSA) is 12.9 Å². The Morgan fingerprint density at radius 2 is 1.81 bits per heavy atom. The molecule has 1 nitrogen and oxygen atoms in total. The Balaban J connectivity index is 1.97. The quantitative estimate of drug-likeness (QED) is 0.686. The summed E-state index contributed by atoms with van der Waals surface area (Å²) in [6, 6.07) is 8.97. The van der Waals surface area contributed by atoms with Crippen LogP contribution in [0.4, 0.5) is 0 Å². The second-order valence-corrected chi connectivity index (χ2v) is 4.82. The zero-order valence-corrected chi connectivity index (χ0v) is 9.52. The van der Waals surface area contributed by atoms with Crippen LogP contribution in [-0.4, -0.2) is 4.98 Å². The molecule has 0 bridgehead atoms. The SMILES string of the molecule is c1cc2cc(C3CCCCC3)ccc2cn1. The van der Waals surface area contributed by atoms with Crippen LogP contribution in [0.15, 0.2) is 36.7 Å². The fourth-order valence-electron chi connectivity index (χ4n) is 2.79. The Morgan fingerprint density at radius 3 is 2.69 bits per heavy atom. The molecule has 0 atom stereocenters. The van der Waals surface area contributed by atoms with Gasteiger partial charge in [0.15, 0.2) is 0 Å². The Hall–Kier alpha value is -1.37. The lowest BCUT2D eigenvalue weighted by molar-refractivity contribution is 0.444. The zero-order chi connectivity index (χ0) is 10.8. The summed E-state index contributed by atoms with van der Waals surface area (Å²) in [7, 11) is 0. The monoisotopic (exact) mass is 211 g/mol. The van der Waals surface area contributed by atoms with E-state index in [9.17, 15) is 0 Å². The average molecular weight is 211 g/mol. The Labute approximate surface area is 96.5 Å². The summed E-state index contributed by atoms with van der Waals surface area (Å²) in [5.74, 6) is 0.798. The van der Waals surface area contributed by atoms with Gasteiger partial charge >= 0.3 is 0 Å². The van der Waals surface area contributed by atoms with Crippen molar-refractivity contribution < 1.29 is 0 Å². The third kappa shape index (κ3) is 1.82. The maximum atomic E-state index is 4.16. The second-order valence-electron chi connectivity index (χ2n) is 4.82. The lowest BCUT2D eigenvalue weighted by Crippen LogP contribution is -2.04. The van der Waals surface area contributed by atoms with E-state index in [2.05, 4.69) is 29.2 Å². The van der Waals surface area contributed by atoms with E-state index < -0.39 is 0 Å². The zero-order valence-electron chi connectivity index (χ0n) is 9.52. The van der Waals surface area contributed by atoms with Crippen LogP contribution >= 0.6 is 0 Å². The van der Waals surface area contributed by atoms with Crippen LogP contribution in [-0.2, 0) is 0 Å². The summed E-state index contributed by atoms with van der Waals surface area (Å²) in [6.45, 7) is 0. The predicted molar refractivity (Wildman–Crippen MR) is 67.6 cm³/mol. The molecule has 1 aliphatic carbocycles. The third-order valence-corrected chi connectivity index (χ3v) is 3.74. The first-order valence-electron chi connectivity index (χ1n) is 6.27. The molecule has 1 heterocycles. The Morgan fingerprint density at radius 1 is 0.938 bits per heavy atom. The van der Waals surface area contributed by atoms with Crippen LogP contribution in [0.3, 0.4) is 0 Å². The number of nitrogens with zero attached hydrogens (tertiary/aromatic N) is 1. The molecule has 0 unspecified atom stereocenters. The molecule has 1 saturated carbocycles. The molecule has 82 valence electrons. The largest absolute Gasteiger partial charge is 0.264 e. The molecule has 1 aliphatic rings. The van der Waals surface area contributed by atoms with Crippen molar-refractivity contribution in [3.8, 4) is 0 Å². The standard InChI is InChI=1S/C15H17N/c1-2-4-12(5-3-1)13-6-7-15-11-16-9-8-14(15)10-13/h6-12H,1-5H2. The number of benzene rings is 1. The lowest BCUT2D eigenvalue weighted by atomic mass is 9.83. The molecule has 0 amide bonds. The summed E-state index contributed by atoms with van der Waals surface area (Å²) in [5, 5.41) is 2.58. The summed E-state index contributed by atoms with van der Waals surface area (Å²) in [4.78, 5) is 4.16. The normalized spacial score (nSPS) is 17.8. The van der Waals surface area contributed by atoms with Crippen LogP contribution in [0.25, 0.3) is 10.8 Å². The third-order valence-electron chi connectivity index (χ3n) is 3.74. The number of aromatic nitrogens is 1. The van der Waals surface area contributed by atoms with Crippen molar-refractivity contribution in [2.45, 2.75) is 38.0 Å². The summed E-state index contributed by atoms with van der Waals surface area (Å²) < 4.78 is 0. The molecule has 0 N–H and O–H groups in total. The number of hydrogen-bond acceptors (Lipinski definition) is 1. The first-order chi connectivity index (χ1) is 7.93. The molecule has 0 aliphatic heterocycles. The van der Waals surface area contributed by atoms with Gasteiger partial charge in [-0.1, -0.05) is 37.5 Å².